The number of imidazole rings is 1. The van der Waals surface area contributed by atoms with E-state index in [0.717, 1.165) is 18.9 Å². The molecule has 13 heteroatoms. The number of ether oxygens (including phenoxy) is 2. The number of benzene rings is 1. The van der Waals surface area contributed by atoms with E-state index in [1.165, 1.54) is 12.1 Å². The summed E-state index contributed by atoms with van der Waals surface area (Å²) >= 11 is 0. The van der Waals surface area contributed by atoms with E-state index in [2.05, 4.69) is 30.8 Å². The van der Waals surface area contributed by atoms with E-state index in [-0.39, 0.29) is 29.4 Å². The molecule has 3 N–H and O–H groups in total. The van der Waals surface area contributed by atoms with Gasteiger partial charge in [0.05, 0.1) is 18.0 Å². The number of hydrogen-bond donors (Lipinski definition) is 3. The average Bonchev–Trinajstić information content (AvgIpc) is 3.22. The first kappa shape index (κ1) is 23.3. The Morgan fingerprint density at radius 1 is 1.22 bits per heavy atom. The van der Waals surface area contributed by atoms with Gasteiger partial charge in [-0.15, -0.1) is 0 Å². The summed E-state index contributed by atoms with van der Waals surface area (Å²) in [5.74, 6) is -0.904. The largest absolute Gasteiger partial charge is 0.441 e. The first-order valence-corrected chi connectivity index (χ1v) is 11.6. The molecule has 0 radical (unpaired) electrons. The minimum Gasteiger partial charge on any atom is -0.441 e. The van der Waals surface area contributed by atoms with Crippen molar-refractivity contribution in [3.05, 3.63) is 60.1 Å². The second-order valence-electron chi connectivity index (χ2n) is 9.44. The molecule has 10 nitrogen and oxygen atoms in total. The molecule has 192 valence electrons. The topological polar surface area (TPSA) is 118 Å². The minimum atomic E-state index is -1.60. The zero-order valence-corrected chi connectivity index (χ0v) is 19.5. The summed E-state index contributed by atoms with van der Waals surface area (Å²) in [6.07, 6.45) is 0.583. The highest BCUT2D eigenvalue weighted by molar-refractivity contribution is 5.69. The number of alkyl halides is 1. The molecule has 4 heterocycles. The van der Waals surface area contributed by atoms with Crippen LogP contribution in [-0.4, -0.2) is 55.1 Å². The fraction of sp³-hybridized carbons (Fsp3) is 0.333. The average molecular weight is 513 g/mol. The monoisotopic (exact) mass is 513 g/mol. The minimum absolute atomic E-state index is 0.0960. The second kappa shape index (κ2) is 8.76. The van der Waals surface area contributed by atoms with Crippen LogP contribution in [0, 0.1) is 11.6 Å². The number of aromatic amines is 1. The van der Waals surface area contributed by atoms with Crippen molar-refractivity contribution in [1.29, 1.82) is 0 Å². The molecule has 0 spiro atoms. The number of amides is 1. The number of halogens is 3. The summed E-state index contributed by atoms with van der Waals surface area (Å²) in [4.78, 5) is 20.8. The van der Waals surface area contributed by atoms with Crippen LogP contribution in [0.3, 0.4) is 0 Å². The Labute approximate surface area is 208 Å². The van der Waals surface area contributed by atoms with Crippen molar-refractivity contribution in [3.8, 4) is 11.3 Å². The molecule has 0 unspecified atom stereocenters. The maximum atomic E-state index is 15.1. The van der Waals surface area contributed by atoms with Gasteiger partial charge in [-0.05, 0) is 31.9 Å². The van der Waals surface area contributed by atoms with E-state index < -0.39 is 36.1 Å². The SMILES string of the molecule is CC1(NC(=O)O[C@@H]2CO[C@H](c3cc(Nc4nc(-c5cc(F)cc(F)c5)cc5nccn45)n[nH]3)[C@@H]2F)CC1. The maximum absolute atomic E-state index is 15.1. The van der Waals surface area contributed by atoms with E-state index in [1.54, 1.807) is 28.9 Å². The van der Waals surface area contributed by atoms with Crippen LogP contribution in [0.25, 0.3) is 16.9 Å². The van der Waals surface area contributed by atoms with Gasteiger partial charge >= 0.3 is 6.09 Å². The number of nitrogens with zero attached hydrogens (tertiary/aromatic N) is 4. The van der Waals surface area contributed by atoms with Crippen molar-refractivity contribution in [3.63, 3.8) is 0 Å². The molecule has 2 aliphatic rings. The summed E-state index contributed by atoms with van der Waals surface area (Å²) in [5.41, 5.74) is 1.06. The van der Waals surface area contributed by atoms with Crippen molar-refractivity contribution in [2.45, 2.75) is 43.7 Å². The number of aromatic nitrogens is 5. The number of H-pyrrole nitrogens is 1. The van der Waals surface area contributed by atoms with Gasteiger partial charge in [-0.3, -0.25) is 9.50 Å². The van der Waals surface area contributed by atoms with Crippen LogP contribution in [0.4, 0.5) is 29.7 Å². The first-order chi connectivity index (χ1) is 17.8. The molecule has 0 bridgehead atoms. The van der Waals surface area contributed by atoms with E-state index in [4.69, 9.17) is 9.47 Å². The summed E-state index contributed by atoms with van der Waals surface area (Å²) in [5, 5.41) is 12.6. The molecule has 1 aliphatic heterocycles. The van der Waals surface area contributed by atoms with Gasteiger partial charge in [0.15, 0.2) is 18.1 Å². The fourth-order valence-corrected chi connectivity index (χ4v) is 4.19. The molecule has 4 aromatic rings. The van der Waals surface area contributed by atoms with Gasteiger partial charge in [-0.25, -0.2) is 27.9 Å². The number of carbonyl (C=O) groups is 1. The summed E-state index contributed by atoms with van der Waals surface area (Å²) < 4.78 is 55.0. The van der Waals surface area contributed by atoms with Crippen molar-refractivity contribution in [1.82, 2.24) is 29.9 Å². The molecular weight excluding hydrogens is 491 g/mol. The van der Waals surface area contributed by atoms with Crippen LogP contribution in [0.15, 0.2) is 42.7 Å². The number of alkyl carbamates (subject to hydrolysis) is 1. The Bertz CT molecular complexity index is 1470. The van der Waals surface area contributed by atoms with Gasteiger partial charge < -0.3 is 20.1 Å². The molecule has 1 saturated carbocycles. The van der Waals surface area contributed by atoms with Crippen molar-refractivity contribution in [2.24, 2.45) is 0 Å². The van der Waals surface area contributed by atoms with Crippen LogP contribution in [-0.2, 0) is 9.47 Å². The van der Waals surface area contributed by atoms with Gasteiger partial charge in [-0.1, -0.05) is 0 Å². The molecule has 1 saturated heterocycles. The van der Waals surface area contributed by atoms with Crippen molar-refractivity contribution < 1.29 is 27.4 Å². The number of nitrogens with one attached hydrogen (secondary N) is 3. The highest BCUT2D eigenvalue weighted by Crippen LogP contribution is 2.36. The predicted molar refractivity (Wildman–Crippen MR) is 125 cm³/mol. The first-order valence-electron chi connectivity index (χ1n) is 11.6. The van der Waals surface area contributed by atoms with Crippen LogP contribution in [0.1, 0.15) is 31.6 Å². The highest BCUT2D eigenvalue weighted by atomic mass is 19.1. The lowest BCUT2D eigenvalue weighted by atomic mass is 10.1. The van der Waals surface area contributed by atoms with Crippen LogP contribution >= 0.6 is 0 Å². The Hall–Kier alpha value is -4.13. The lowest BCUT2D eigenvalue weighted by molar-refractivity contribution is 0.0604. The maximum Gasteiger partial charge on any atom is 0.408 e. The van der Waals surface area contributed by atoms with Gasteiger partial charge in [-0.2, -0.15) is 5.10 Å². The number of anilines is 2. The van der Waals surface area contributed by atoms with Gasteiger partial charge in [0.1, 0.15) is 23.4 Å². The van der Waals surface area contributed by atoms with E-state index >= 15 is 4.39 Å². The lowest BCUT2D eigenvalue weighted by Gasteiger charge is -2.17. The van der Waals surface area contributed by atoms with Crippen molar-refractivity contribution in [2.75, 3.05) is 11.9 Å². The van der Waals surface area contributed by atoms with E-state index in [1.807, 2.05) is 6.92 Å². The third-order valence-electron chi connectivity index (χ3n) is 6.44. The molecule has 2 fully saturated rings. The second-order valence-corrected chi connectivity index (χ2v) is 9.44. The molecule has 1 amide bonds. The standard InChI is InChI=1S/C24H22F3N7O3/c1-24(2-3-24)31-23(35)37-17-11-36-21(20(17)27)16-9-18(33-32-16)30-22-29-15(10-19-28-4-5-34(19)22)12-6-13(25)8-14(26)7-12/h4-10,17,20-21H,2-3,11H2,1H3,(H,31,35)(H2,29,30,32,33)/t17-,20-,21-/m1/s1. The van der Waals surface area contributed by atoms with Gasteiger partial charge in [0.2, 0.25) is 5.95 Å². The third-order valence-corrected chi connectivity index (χ3v) is 6.44. The molecule has 37 heavy (non-hydrogen) atoms. The smallest absolute Gasteiger partial charge is 0.408 e. The number of rotatable bonds is 6. The third kappa shape index (κ3) is 4.69. The molecule has 3 atom stereocenters. The number of hydrogen-bond acceptors (Lipinski definition) is 7. The Balaban J connectivity index is 1.20. The summed E-state index contributed by atoms with van der Waals surface area (Å²) in [6, 6.07) is 6.26. The molecule has 1 aliphatic carbocycles. The number of fused-ring (bicyclic) bond motifs is 1. The summed E-state index contributed by atoms with van der Waals surface area (Å²) in [7, 11) is 0. The zero-order valence-electron chi connectivity index (χ0n) is 19.5. The van der Waals surface area contributed by atoms with Crippen LogP contribution < -0.4 is 10.6 Å². The Morgan fingerprint density at radius 3 is 2.76 bits per heavy atom. The fourth-order valence-electron chi connectivity index (χ4n) is 4.19. The molecule has 6 rings (SSSR count). The van der Waals surface area contributed by atoms with Gasteiger partial charge in [0, 0.05) is 41.7 Å². The van der Waals surface area contributed by atoms with Crippen LogP contribution in [0.2, 0.25) is 0 Å². The Kier molecular flexibility index (Phi) is 5.51. The Morgan fingerprint density at radius 2 is 2.00 bits per heavy atom. The number of carbonyl (C=O) groups excluding carboxylic acids is 1. The van der Waals surface area contributed by atoms with Gasteiger partial charge in [0.25, 0.3) is 0 Å². The predicted octanol–water partition coefficient (Wildman–Crippen LogP) is 4.20. The summed E-state index contributed by atoms with van der Waals surface area (Å²) in [6.45, 7) is 1.80. The normalized spacial score (nSPS) is 22.2. The lowest BCUT2D eigenvalue weighted by Crippen LogP contribution is -2.39. The molecule has 1 aromatic carbocycles. The highest BCUT2D eigenvalue weighted by Gasteiger charge is 2.44. The van der Waals surface area contributed by atoms with Crippen LogP contribution in [0.5, 0.6) is 0 Å². The molecule has 3 aromatic heterocycles. The van der Waals surface area contributed by atoms with E-state index in [0.29, 0.717) is 17.2 Å². The van der Waals surface area contributed by atoms with E-state index in [9.17, 15) is 13.6 Å². The quantitative estimate of drug-likeness (QED) is 0.354. The zero-order chi connectivity index (χ0) is 25.7. The molecular formula is C24H22F3N7O3. The van der Waals surface area contributed by atoms with Crippen molar-refractivity contribution >= 4 is 23.5 Å².